The Labute approximate surface area is 178 Å². The lowest BCUT2D eigenvalue weighted by Crippen LogP contribution is -2.12. The smallest absolute Gasteiger partial charge is 0.291 e. The van der Waals surface area contributed by atoms with Crippen molar-refractivity contribution in [2.45, 2.75) is 19.1 Å². The van der Waals surface area contributed by atoms with E-state index in [0.29, 0.717) is 5.94 Å². The molecule has 0 spiro atoms. The first-order valence-corrected chi connectivity index (χ1v) is 10.5. The maximum Gasteiger partial charge on any atom is 0.291 e. The second-order valence-corrected chi connectivity index (χ2v) is 7.35. The topological polar surface area (TPSA) is 90.4 Å². The van der Waals surface area contributed by atoms with Crippen LogP contribution in [0.4, 0.5) is 0 Å². The fourth-order valence-corrected chi connectivity index (χ4v) is 3.11. The fourth-order valence-electron chi connectivity index (χ4n) is 2.68. The molecule has 0 aliphatic rings. The summed E-state index contributed by atoms with van der Waals surface area (Å²) >= 11 is 7.63. The van der Waals surface area contributed by atoms with Gasteiger partial charge in [0.2, 0.25) is 0 Å². The number of thioether (sulfide) groups is 1. The van der Waals surface area contributed by atoms with Crippen LogP contribution in [-0.2, 0) is 17.7 Å². The zero-order chi connectivity index (χ0) is 21.1. The third-order valence-electron chi connectivity index (χ3n) is 4.00. The Bertz CT molecular complexity index is 854. The molecule has 1 aromatic heterocycles. The van der Waals surface area contributed by atoms with Gasteiger partial charge in [0.25, 0.3) is 5.09 Å². The van der Waals surface area contributed by atoms with Crippen molar-refractivity contribution in [1.29, 1.82) is 0 Å². The van der Waals surface area contributed by atoms with Crippen LogP contribution in [0.15, 0.2) is 67.3 Å². The molecule has 1 unspecified atom stereocenters. The lowest BCUT2D eigenvalue weighted by Gasteiger charge is -2.19. The standard InChI is InChI=1S/C20H21ClN2OS.HNO3/c1-25-15-24-20(13-23-11-10-22-14-23)18-6-2-16(3-7-18)12-17-4-8-19(21)9-5-17;2-1(3)4/h2-11,14,20H,12-13,15H2,1H3;(H,2,3,4). The van der Waals surface area contributed by atoms with E-state index < -0.39 is 5.09 Å². The van der Waals surface area contributed by atoms with Crippen LogP contribution >= 0.6 is 23.4 Å². The molecule has 0 aliphatic heterocycles. The molecule has 154 valence electrons. The van der Waals surface area contributed by atoms with Crippen LogP contribution in [0, 0.1) is 10.1 Å². The highest BCUT2D eigenvalue weighted by Crippen LogP contribution is 2.22. The Morgan fingerprint density at radius 1 is 1.21 bits per heavy atom. The predicted octanol–water partition coefficient (Wildman–Crippen LogP) is 4.86. The normalized spacial score (nSPS) is 11.4. The highest BCUT2D eigenvalue weighted by molar-refractivity contribution is 7.98. The number of benzene rings is 2. The van der Waals surface area contributed by atoms with E-state index in [1.54, 1.807) is 18.0 Å². The van der Waals surface area contributed by atoms with Crippen LogP contribution in [0.5, 0.6) is 0 Å². The van der Waals surface area contributed by atoms with Gasteiger partial charge in [-0.05, 0) is 41.5 Å². The van der Waals surface area contributed by atoms with Gasteiger partial charge in [-0.3, -0.25) is 0 Å². The Balaban J connectivity index is 0.000000687. The van der Waals surface area contributed by atoms with E-state index in [1.807, 2.05) is 35.5 Å². The first kappa shape index (κ1) is 22.7. The van der Waals surface area contributed by atoms with E-state index >= 15 is 0 Å². The number of hydrogen-bond donors (Lipinski definition) is 1. The van der Waals surface area contributed by atoms with Crippen LogP contribution in [0.2, 0.25) is 5.02 Å². The second kappa shape index (κ2) is 12.1. The summed E-state index contributed by atoms with van der Waals surface area (Å²) in [5.74, 6) is 0.673. The van der Waals surface area contributed by atoms with Gasteiger partial charge >= 0.3 is 0 Å². The Hall–Kier alpha value is -2.55. The van der Waals surface area contributed by atoms with Gasteiger partial charge in [0.15, 0.2) is 0 Å². The third-order valence-corrected chi connectivity index (χ3v) is 4.62. The summed E-state index contributed by atoms with van der Waals surface area (Å²) in [6.07, 6.45) is 8.54. The van der Waals surface area contributed by atoms with Crippen molar-refractivity contribution in [2.75, 3.05) is 12.2 Å². The summed E-state index contributed by atoms with van der Waals surface area (Å²) in [6, 6.07) is 16.7. The highest BCUT2D eigenvalue weighted by Gasteiger charge is 2.13. The van der Waals surface area contributed by atoms with Gasteiger partial charge in [-0.2, -0.15) is 0 Å². The largest absolute Gasteiger partial charge is 0.361 e. The molecule has 3 aromatic rings. The minimum atomic E-state index is -1.50. The van der Waals surface area contributed by atoms with Crippen LogP contribution in [-0.4, -0.2) is 32.0 Å². The van der Waals surface area contributed by atoms with Crippen molar-refractivity contribution >= 4 is 23.4 Å². The molecule has 0 aliphatic carbocycles. The zero-order valence-electron chi connectivity index (χ0n) is 15.8. The lowest BCUT2D eigenvalue weighted by molar-refractivity contribution is -0.742. The fraction of sp³-hybridized carbons (Fsp3) is 0.250. The number of imidazole rings is 1. The van der Waals surface area contributed by atoms with Crippen molar-refractivity contribution in [1.82, 2.24) is 9.55 Å². The van der Waals surface area contributed by atoms with Gasteiger partial charge in [-0.1, -0.05) is 48.0 Å². The Morgan fingerprint density at radius 3 is 2.31 bits per heavy atom. The highest BCUT2D eigenvalue weighted by atomic mass is 35.5. The summed E-state index contributed by atoms with van der Waals surface area (Å²) in [6.45, 7) is 0.761. The van der Waals surface area contributed by atoms with Crippen LogP contribution in [0.1, 0.15) is 22.8 Å². The van der Waals surface area contributed by atoms with Gasteiger partial charge < -0.3 is 14.5 Å². The number of halogens is 1. The van der Waals surface area contributed by atoms with E-state index in [2.05, 4.69) is 41.4 Å². The number of hydrogen-bond acceptors (Lipinski definition) is 5. The minimum absolute atomic E-state index is 0.0197. The van der Waals surface area contributed by atoms with Crippen molar-refractivity contribution in [3.05, 3.63) is 99.1 Å². The number of ether oxygens (including phenoxy) is 1. The van der Waals surface area contributed by atoms with Gasteiger partial charge in [0.1, 0.15) is 6.10 Å². The van der Waals surface area contributed by atoms with Crippen LogP contribution in [0.25, 0.3) is 0 Å². The Morgan fingerprint density at radius 2 is 1.79 bits per heavy atom. The van der Waals surface area contributed by atoms with Crippen molar-refractivity contribution in [3.63, 3.8) is 0 Å². The molecule has 9 heteroatoms. The molecule has 29 heavy (non-hydrogen) atoms. The molecule has 0 fully saturated rings. The molecule has 0 bridgehead atoms. The molecule has 0 amide bonds. The summed E-state index contributed by atoms with van der Waals surface area (Å²) in [7, 11) is 0. The van der Waals surface area contributed by atoms with Crippen molar-refractivity contribution in [2.24, 2.45) is 0 Å². The minimum Gasteiger partial charge on any atom is -0.361 e. The quantitative estimate of drug-likeness (QED) is 0.308. The molecule has 1 heterocycles. The van der Waals surface area contributed by atoms with Crippen molar-refractivity contribution < 1.29 is 15.0 Å². The first-order chi connectivity index (χ1) is 14.0. The maximum absolute atomic E-state index is 8.36. The van der Waals surface area contributed by atoms with E-state index in [-0.39, 0.29) is 6.10 Å². The second-order valence-electron chi connectivity index (χ2n) is 6.10. The van der Waals surface area contributed by atoms with Crippen molar-refractivity contribution in [3.8, 4) is 0 Å². The molecule has 1 atom stereocenters. The molecular formula is C20H22ClN3O4S. The molecule has 0 saturated heterocycles. The molecule has 0 saturated carbocycles. The molecule has 0 radical (unpaired) electrons. The van der Waals surface area contributed by atoms with Crippen LogP contribution < -0.4 is 0 Å². The molecule has 2 aromatic carbocycles. The lowest BCUT2D eigenvalue weighted by atomic mass is 10.0. The van der Waals surface area contributed by atoms with E-state index in [0.717, 1.165) is 18.0 Å². The monoisotopic (exact) mass is 435 g/mol. The Kier molecular flexibility index (Phi) is 9.49. The molecule has 1 N–H and O–H groups in total. The molecular weight excluding hydrogens is 414 g/mol. The van der Waals surface area contributed by atoms with E-state index in [9.17, 15) is 0 Å². The SMILES string of the molecule is CSCOC(Cn1ccnc1)c1ccc(Cc2ccc(Cl)cc2)cc1.O=[N+]([O-])O. The number of nitrogens with zero attached hydrogens (tertiary/aromatic N) is 3. The average molecular weight is 436 g/mol. The van der Waals surface area contributed by atoms with Gasteiger partial charge in [0, 0.05) is 17.4 Å². The summed E-state index contributed by atoms with van der Waals surface area (Å²) in [4.78, 5) is 12.5. The third kappa shape index (κ3) is 8.55. The number of aromatic nitrogens is 2. The first-order valence-electron chi connectivity index (χ1n) is 8.70. The summed E-state index contributed by atoms with van der Waals surface area (Å²) in [5, 5.41) is 14.4. The maximum atomic E-state index is 8.36. The van der Waals surface area contributed by atoms with Gasteiger partial charge in [0.05, 0.1) is 18.8 Å². The summed E-state index contributed by atoms with van der Waals surface area (Å²) < 4.78 is 8.07. The average Bonchev–Trinajstić information content (AvgIpc) is 3.20. The van der Waals surface area contributed by atoms with E-state index in [1.165, 1.54) is 16.7 Å². The molecule has 3 rings (SSSR count). The summed E-state index contributed by atoms with van der Waals surface area (Å²) in [5.41, 5.74) is 3.71. The van der Waals surface area contributed by atoms with Gasteiger partial charge in [-0.15, -0.1) is 21.9 Å². The van der Waals surface area contributed by atoms with Gasteiger partial charge in [-0.25, -0.2) is 4.98 Å². The zero-order valence-corrected chi connectivity index (χ0v) is 17.4. The molecule has 7 nitrogen and oxygen atoms in total. The van der Waals surface area contributed by atoms with Crippen LogP contribution in [0.3, 0.4) is 0 Å². The predicted molar refractivity (Wildman–Crippen MR) is 114 cm³/mol. The number of rotatable bonds is 8. The van der Waals surface area contributed by atoms with E-state index in [4.69, 9.17) is 31.7 Å².